The molecule has 0 spiro atoms. The molecule has 94 valence electrons. The highest BCUT2D eigenvalue weighted by molar-refractivity contribution is 5.43. The Morgan fingerprint density at radius 1 is 0.556 bits per heavy atom. The highest BCUT2D eigenvalue weighted by atomic mass is 14.9. The van der Waals surface area contributed by atoms with E-state index in [2.05, 4.69) is 59.2 Å². The lowest BCUT2D eigenvalue weighted by molar-refractivity contribution is 0.796. The number of para-hydroxylation sites is 2. The molecule has 2 heteroatoms. The summed E-state index contributed by atoms with van der Waals surface area (Å²) in [4.78, 5) is 0. The van der Waals surface area contributed by atoms with Gasteiger partial charge in [-0.3, -0.25) is 0 Å². The van der Waals surface area contributed by atoms with Crippen LogP contribution in [0.2, 0.25) is 0 Å². The summed E-state index contributed by atoms with van der Waals surface area (Å²) in [5, 5.41) is 6.83. The van der Waals surface area contributed by atoms with E-state index in [0.717, 1.165) is 13.1 Å². The summed E-state index contributed by atoms with van der Waals surface area (Å²) in [6.07, 6.45) is 2.35. The van der Waals surface area contributed by atoms with E-state index in [1.54, 1.807) is 0 Å². The Morgan fingerprint density at radius 3 is 1.33 bits per heavy atom. The second-order valence-corrected chi connectivity index (χ2v) is 4.29. The van der Waals surface area contributed by atoms with E-state index in [1.807, 2.05) is 12.1 Å². The fourth-order valence-corrected chi connectivity index (χ4v) is 1.83. The molecule has 0 radical (unpaired) electrons. The summed E-state index contributed by atoms with van der Waals surface area (Å²) >= 11 is 0. The molecular formula is C16H20N2. The van der Waals surface area contributed by atoms with E-state index < -0.39 is 0 Å². The molecule has 0 heterocycles. The molecule has 2 aromatic carbocycles. The van der Waals surface area contributed by atoms with Crippen LogP contribution in [0, 0.1) is 0 Å². The number of unbranched alkanes of at least 4 members (excludes halogenated alkanes) is 1. The molecule has 0 aliphatic rings. The molecule has 0 saturated carbocycles. The van der Waals surface area contributed by atoms with Gasteiger partial charge in [-0.1, -0.05) is 36.4 Å². The Kier molecular flexibility index (Phi) is 5.12. The maximum absolute atomic E-state index is 3.42. The van der Waals surface area contributed by atoms with Crippen LogP contribution in [0.15, 0.2) is 60.7 Å². The molecule has 2 aromatic rings. The predicted molar refractivity (Wildman–Crippen MR) is 79.1 cm³/mol. The second-order valence-electron chi connectivity index (χ2n) is 4.29. The minimum absolute atomic E-state index is 1.03. The van der Waals surface area contributed by atoms with Crippen LogP contribution >= 0.6 is 0 Å². The zero-order valence-electron chi connectivity index (χ0n) is 10.6. The minimum Gasteiger partial charge on any atom is -0.385 e. The topological polar surface area (TPSA) is 24.1 Å². The van der Waals surface area contributed by atoms with Crippen molar-refractivity contribution in [2.24, 2.45) is 0 Å². The van der Waals surface area contributed by atoms with Crippen LogP contribution < -0.4 is 10.6 Å². The van der Waals surface area contributed by atoms with Gasteiger partial charge in [0.15, 0.2) is 0 Å². The zero-order chi connectivity index (χ0) is 12.5. The molecule has 2 nitrogen and oxygen atoms in total. The van der Waals surface area contributed by atoms with Gasteiger partial charge >= 0.3 is 0 Å². The Balaban J connectivity index is 1.54. The van der Waals surface area contributed by atoms with Gasteiger partial charge in [0.1, 0.15) is 0 Å². The van der Waals surface area contributed by atoms with Crippen LogP contribution in [0.1, 0.15) is 12.8 Å². The predicted octanol–water partition coefficient (Wildman–Crippen LogP) is 3.99. The normalized spacial score (nSPS) is 10.0. The molecule has 0 unspecified atom stereocenters. The summed E-state index contributed by atoms with van der Waals surface area (Å²) < 4.78 is 0. The molecule has 18 heavy (non-hydrogen) atoms. The molecule has 2 rings (SSSR count). The van der Waals surface area contributed by atoms with Crippen molar-refractivity contribution in [3.05, 3.63) is 60.7 Å². The second kappa shape index (κ2) is 7.38. The monoisotopic (exact) mass is 240 g/mol. The lowest BCUT2D eigenvalue weighted by Crippen LogP contribution is -2.06. The third kappa shape index (κ3) is 4.50. The quantitative estimate of drug-likeness (QED) is 0.715. The summed E-state index contributed by atoms with van der Waals surface area (Å²) in [6, 6.07) is 20.7. The van der Waals surface area contributed by atoms with Crippen molar-refractivity contribution >= 4 is 11.4 Å². The fraction of sp³-hybridized carbons (Fsp3) is 0.250. The molecule has 0 bridgehead atoms. The molecule has 0 aliphatic carbocycles. The van der Waals surface area contributed by atoms with Crippen molar-refractivity contribution in [2.75, 3.05) is 23.7 Å². The molecule has 0 saturated heterocycles. The third-order valence-electron chi connectivity index (χ3n) is 2.81. The van der Waals surface area contributed by atoms with Crippen molar-refractivity contribution in [1.82, 2.24) is 0 Å². The van der Waals surface area contributed by atoms with Crippen LogP contribution in [-0.4, -0.2) is 13.1 Å². The van der Waals surface area contributed by atoms with Crippen LogP contribution in [0.25, 0.3) is 0 Å². The average molecular weight is 240 g/mol. The van der Waals surface area contributed by atoms with Crippen LogP contribution in [0.3, 0.4) is 0 Å². The lowest BCUT2D eigenvalue weighted by atomic mass is 10.2. The van der Waals surface area contributed by atoms with Crippen molar-refractivity contribution in [3.63, 3.8) is 0 Å². The van der Waals surface area contributed by atoms with Gasteiger partial charge in [0.25, 0.3) is 0 Å². The largest absolute Gasteiger partial charge is 0.385 e. The standard InChI is InChI=1S/C16H20N2/c1-3-9-15(10-4-1)17-13-7-8-14-18-16-11-5-2-6-12-16/h1-6,9-12,17-18H,7-8,13-14H2. The van der Waals surface area contributed by atoms with E-state index in [0.29, 0.717) is 0 Å². The van der Waals surface area contributed by atoms with Crippen molar-refractivity contribution in [3.8, 4) is 0 Å². The van der Waals surface area contributed by atoms with Gasteiger partial charge in [-0.05, 0) is 37.1 Å². The zero-order valence-corrected chi connectivity index (χ0v) is 10.6. The smallest absolute Gasteiger partial charge is 0.0340 e. The van der Waals surface area contributed by atoms with E-state index in [4.69, 9.17) is 0 Å². The number of nitrogens with one attached hydrogen (secondary N) is 2. The van der Waals surface area contributed by atoms with Crippen LogP contribution in [-0.2, 0) is 0 Å². The molecule has 0 amide bonds. The maximum Gasteiger partial charge on any atom is 0.0340 e. The van der Waals surface area contributed by atoms with Crippen molar-refractivity contribution in [1.29, 1.82) is 0 Å². The summed E-state index contributed by atoms with van der Waals surface area (Å²) in [5.41, 5.74) is 2.40. The number of rotatable bonds is 7. The Morgan fingerprint density at radius 2 is 0.944 bits per heavy atom. The van der Waals surface area contributed by atoms with Gasteiger partial charge < -0.3 is 10.6 Å². The lowest BCUT2D eigenvalue weighted by Gasteiger charge is -2.07. The van der Waals surface area contributed by atoms with E-state index in [1.165, 1.54) is 24.2 Å². The van der Waals surface area contributed by atoms with Crippen molar-refractivity contribution < 1.29 is 0 Å². The van der Waals surface area contributed by atoms with Crippen LogP contribution in [0.5, 0.6) is 0 Å². The number of benzene rings is 2. The first kappa shape index (κ1) is 12.5. The first-order chi connectivity index (χ1) is 8.95. The van der Waals surface area contributed by atoms with Gasteiger partial charge in [0.05, 0.1) is 0 Å². The average Bonchev–Trinajstić information content (AvgIpc) is 2.45. The molecular weight excluding hydrogens is 220 g/mol. The molecule has 0 aromatic heterocycles. The molecule has 0 aliphatic heterocycles. The van der Waals surface area contributed by atoms with Gasteiger partial charge in [0.2, 0.25) is 0 Å². The third-order valence-corrected chi connectivity index (χ3v) is 2.81. The van der Waals surface area contributed by atoms with E-state index in [-0.39, 0.29) is 0 Å². The minimum atomic E-state index is 1.03. The molecule has 0 atom stereocenters. The Bertz CT molecular complexity index is 382. The summed E-state index contributed by atoms with van der Waals surface area (Å²) in [6.45, 7) is 2.06. The SMILES string of the molecule is c1ccc(NCCCCNc2ccccc2)cc1. The van der Waals surface area contributed by atoms with E-state index in [9.17, 15) is 0 Å². The van der Waals surface area contributed by atoms with Crippen molar-refractivity contribution in [2.45, 2.75) is 12.8 Å². The van der Waals surface area contributed by atoms with Crippen LogP contribution in [0.4, 0.5) is 11.4 Å². The molecule has 2 N–H and O–H groups in total. The number of anilines is 2. The Labute approximate surface area is 109 Å². The Hall–Kier alpha value is -1.96. The van der Waals surface area contributed by atoms with E-state index >= 15 is 0 Å². The first-order valence-electron chi connectivity index (χ1n) is 6.53. The summed E-state index contributed by atoms with van der Waals surface area (Å²) in [5.74, 6) is 0. The number of hydrogen-bond acceptors (Lipinski definition) is 2. The first-order valence-corrected chi connectivity index (χ1v) is 6.53. The van der Waals surface area contributed by atoms with Gasteiger partial charge in [-0.25, -0.2) is 0 Å². The van der Waals surface area contributed by atoms with Gasteiger partial charge in [-0.15, -0.1) is 0 Å². The van der Waals surface area contributed by atoms with Gasteiger partial charge in [-0.2, -0.15) is 0 Å². The fourth-order valence-electron chi connectivity index (χ4n) is 1.83. The highest BCUT2D eigenvalue weighted by Crippen LogP contribution is 2.06. The number of hydrogen-bond donors (Lipinski definition) is 2. The summed E-state index contributed by atoms with van der Waals surface area (Å²) in [7, 11) is 0. The van der Waals surface area contributed by atoms with Gasteiger partial charge in [0, 0.05) is 24.5 Å². The highest BCUT2D eigenvalue weighted by Gasteiger charge is 1.92. The maximum atomic E-state index is 3.42. The molecule has 0 fully saturated rings.